The summed E-state index contributed by atoms with van der Waals surface area (Å²) in [6.07, 6.45) is 0. The van der Waals surface area contributed by atoms with Gasteiger partial charge in [-0.2, -0.15) is 9.40 Å². The molecular weight excluding hydrogens is 296 g/mol. The molecule has 2 N–H and O–H groups in total. The van der Waals surface area contributed by atoms with Gasteiger partial charge in [0.25, 0.3) is 0 Å². The lowest BCUT2D eigenvalue weighted by Crippen LogP contribution is -2.27. The van der Waals surface area contributed by atoms with Gasteiger partial charge in [-0.1, -0.05) is 0 Å². The minimum absolute atomic E-state index is 0.0160. The molecule has 0 spiro atoms. The van der Waals surface area contributed by atoms with E-state index in [9.17, 15) is 13.2 Å². The number of aromatic nitrogens is 3. The number of sulfonamides is 1. The lowest BCUT2D eigenvalue weighted by molar-refractivity contribution is 0.0696. The highest BCUT2D eigenvalue weighted by molar-refractivity contribution is 7.89. The Morgan fingerprint density at radius 1 is 1.33 bits per heavy atom. The number of aryl methyl sites for hydroxylation is 1. The monoisotopic (exact) mass is 310 g/mol. The van der Waals surface area contributed by atoms with Crippen molar-refractivity contribution in [2.45, 2.75) is 18.4 Å². The quantitative estimate of drug-likeness (QED) is 0.836. The molecule has 0 aliphatic heterocycles. The van der Waals surface area contributed by atoms with Crippen molar-refractivity contribution >= 4 is 16.0 Å². The summed E-state index contributed by atoms with van der Waals surface area (Å²) in [7, 11) is -2.32. The van der Waals surface area contributed by atoms with Crippen LogP contribution in [0.25, 0.3) is 0 Å². The van der Waals surface area contributed by atoms with Crippen LogP contribution >= 0.6 is 0 Å². The Kier molecular flexibility index (Phi) is 4.05. The first-order chi connectivity index (χ1) is 9.80. The summed E-state index contributed by atoms with van der Waals surface area (Å²) in [5.41, 5.74) is 0.0289. The lowest BCUT2D eigenvalue weighted by atomic mass is 10.2. The van der Waals surface area contributed by atoms with E-state index in [2.05, 4.69) is 15.2 Å². The van der Waals surface area contributed by atoms with E-state index in [4.69, 9.17) is 5.11 Å². The number of rotatable bonds is 5. The zero-order chi connectivity index (χ0) is 15.6. The van der Waals surface area contributed by atoms with Crippen molar-refractivity contribution < 1.29 is 18.3 Å². The van der Waals surface area contributed by atoms with Crippen molar-refractivity contribution in [2.75, 3.05) is 7.05 Å². The van der Waals surface area contributed by atoms with Gasteiger partial charge in [-0.25, -0.2) is 18.2 Å². The predicted octanol–water partition coefficient (Wildman–Crippen LogP) is 0.632. The molecule has 1 aromatic carbocycles. The predicted molar refractivity (Wildman–Crippen MR) is 73.2 cm³/mol. The van der Waals surface area contributed by atoms with Gasteiger partial charge in [0.1, 0.15) is 5.82 Å². The molecule has 0 saturated carbocycles. The van der Waals surface area contributed by atoms with Crippen molar-refractivity contribution in [1.29, 1.82) is 0 Å². The van der Waals surface area contributed by atoms with Gasteiger partial charge in [-0.05, 0) is 31.2 Å². The number of aromatic carboxylic acids is 1. The number of nitrogens with one attached hydrogen (secondary N) is 1. The largest absolute Gasteiger partial charge is 0.478 e. The smallest absolute Gasteiger partial charge is 0.335 e. The molecule has 0 saturated heterocycles. The summed E-state index contributed by atoms with van der Waals surface area (Å²) < 4.78 is 25.8. The molecule has 9 heteroatoms. The first-order valence-corrected chi connectivity index (χ1v) is 7.42. The van der Waals surface area contributed by atoms with Crippen LogP contribution in [0.5, 0.6) is 0 Å². The summed E-state index contributed by atoms with van der Waals surface area (Å²) in [5, 5.41) is 15.3. The number of aromatic amines is 1. The van der Waals surface area contributed by atoms with Crippen molar-refractivity contribution in [3.63, 3.8) is 0 Å². The van der Waals surface area contributed by atoms with Crippen molar-refractivity contribution in [3.05, 3.63) is 41.5 Å². The maximum absolute atomic E-state index is 12.3. The van der Waals surface area contributed by atoms with Crippen molar-refractivity contribution in [1.82, 2.24) is 19.5 Å². The van der Waals surface area contributed by atoms with Crippen LogP contribution in [0, 0.1) is 6.92 Å². The minimum atomic E-state index is -3.72. The second kappa shape index (κ2) is 5.62. The van der Waals surface area contributed by atoms with E-state index in [1.807, 2.05) is 0 Å². The molecule has 0 amide bonds. The molecule has 112 valence electrons. The first-order valence-electron chi connectivity index (χ1n) is 5.98. The van der Waals surface area contributed by atoms with E-state index in [1.54, 1.807) is 6.92 Å². The molecule has 0 aliphatic carbocycles. The van der Waals surface area contributed by atoms with Gasteiger partial charge in [0.15, 0.2) is 5.82 Å². The van der Waals surface area contributed by atoms with E-state index in [-0.39, 0.29) is 17.0 Å². The van der Waals surface area contributed by atoms with Crippen LogP contribution in [-0.2, 0) is 16.6 Å². The summed E-state index contributed by atoms with van der Waals surface area (Å²) in [5.74, 6) is -0.147. The molecule has 2 rings (SSSR count). The Hall–Kier alpha value is -2.26. The van der Waals surface area contributed by atoms with Crippen molar-refractivity contribution in [2.24, 2.45) is 0 Å². The standard InChI is InChI=1S/C12H14N4O4S/c1-8-13-11(15-14-8)7-16(2)21(19,20)10-5-3-9(4-6-10)12(17)18/h3-6H,7H2,1-2H3,(H,17,18)(H,13,14,15). The molecule has 0 aliphatic rings. The third-order valence-corrected chi connectivity index (χ3v) is 4.63. The first kappa shape index (κ1) is 15.1. The van der Waals surface area contributed by atoms with Crippen LogP contribution in [0.1, 0.15) is 22.0 Å². The summed E-state index contributed by atoms with van der Waals surface area (Å²) in [6.45, 7) is 1.74. The van der Waals surface area contributed by atoms with Crippen LogP contribution < -0.4 is 0 Å². The van der Waals surface area contributed by atoms with Gasteiger partial charge in [0, 0.05) is 7.05 Å². The molecule has 21 heavy (non-hydrogen) atoms. The Bertz CT molecular complexity index is 752. The summed E-state index contributed by atoms with van der Waals surface area (Å²) in [6, 6.07) is 5.02. The molecule has 8 nitrogen and oxygen atoms in total. The van der Waals surface area contributed by atoms with Gasteiger partial charge in [0.2, 0.25) is 10.0 Å². The topological polar surface area (TPSA) is 116 Å². The minimum Gasteiger partial charge on any atom is -0.478 e. The number of benzene rings is 1. The van der Waals surface area contributed by atoms with Crippen molar-refractivity contribution in [3.8, 4) is 0 Å². The fourth-order valence-electron chi connectivity index (χ4n) is 1.69. The SMILES string of the molecule is Cc1nc(CN(C)S(=O)(=O)c2ccc(C(=O)O)cc2)n[nH]1. The lowest BCUT2D eigenvalue weighted by Gasteiger charge is -2.15. The molecule has 1 heterocycles. The third kappa shape index (κ3) is 3.26. The number of hydrogen-bond acceptors (Lipinski definition) is 5. The van der Waals surface area contributed by atoms with Crippen LogP contribution in [0.15, 0.2) is 29.2 Å². The van der Waals surface area contributed by atoms with E-state index >= 15 is 0 Å². The normalized spacial score (nSPS) is 11.8. The second-order valence-electron chi connectivity index (χ2n) is 4.43. The highest BCUT2D eigenvalue weighted by Gasteiger charge is 2.22. The zero-order valence-corrected chi connectivity index (χ0v) is 12.3. The van der Waals surface area contributed by atoms with Crippen LogP contribution in [-0.4, -0.2) is 46.0 Å². The molecule has 0 fully saturated rings. The number of carboxylic acids is 1. The fraction of sp³-hybridized carbons (Fsp3) is 0.250. The van der Waals surface area contributed by atoms with Gasteiger partial charge >= 0.3 is 5.97 Å². The fourth-order valence-corrected chi connectivity index (χ4v) is 2.82. The van der Waals surface area contributed by atoms with E-state index in [0.29, 0.717) is 11.6 Å². The van der Waals surface area contributed by atoms with Gasteiger partial charge in [-0.15, -0.1) is 0 Å². The second-order valence-corrected chi connectivity index (χ2v) is 6.47. The zero-order valence-electron chi connectivity index (χ0n) is 11.4. The molecule has 2 aromatic rings. The Morgan fingerprint density at radius 3 is 2.43 bits per heavy atom. The Morgan fingerprint density at radius 2 is 1.95 bits per heavy atom. The maximum atomic E-state index is 12.3. The van der Waals surface area contributed by atoms with Crippen LogP contribution in [0.2, 0.25) is 0 Å². The Labute approximate surface area is 121 Å². The van der Waals surface area contributed by atoms with E-state index in [1.165, 1.54) is 31.3 Å². The van der Waals surface area contributed by atoms with E-state index < -0.39 is 16.0 Å². The van der Waals surface area contributed by atoms with E-state index in [0.717, 1.165) is 4.31 Å². The Balaban J connectivity index is 2.22. The molecule has 0 atom stereocenters. The molecule has 0 bridgehead atoms. The number of carbonyl (C=O) groups is 1. The number of nitrogens with zero attached hydrogens (tertiary/aromatic N) is 3. The number of carboxylic acid groups (broad SMARTS) is 1. The average Bonchev–Trinajstić information content (AvgIpc) is 2.84. The number of hydrogen-bond donors (Lipinski definition) is 2. The maximum Gasteiger partial charge on any atom is 0.335 e. The molecule has 0 radical (unpaired) electrons. The average molecular weight is 310 g/mol. The van der Waals surface area contributed by atoms with Gasteiger partial charge < -0.3 is 5.11 Å². The molecular formula is C12H14N4O4S. The highest BCUT2D eigenvalue weighted by atomic mass is 32.2. The van der Waals surface area contributed by atoms with Gasteiger partial charge in [0.05, 0.1) is 17.0 Å². The highest BCUT2D eigenvalue weighted by Crippen LogP contribution is 2.16. The molecule has 1 aromatic heterocycles. The number of H-pyrrole nitrogens is 1. The van der Waals surface area contributed by atoms with Crippen LogP contribution in [0.4, 0.5) is 0 Å². The van der Waals surface area contributed by atoms with Crippen LogP contribution in [0.3, 0.4) is 0 Å². The summed E-state index contributed by atoms with van der Waals surface area (Å²) >= 11 is 0. The summed E-state index contributed by atoms with van der Waals surface area (Å²) in [4.78, 5) is 14.8. The van der Waals surface area contributed by atoms with Gasteiger partial charge in [-0.3, -0.25) is 5.10 Å². The molecule has 0 unspecified atom stereocenters. The third-order valence-electron chi connectivity index (χ3n) is 2.82.